The molecule has 0 aliphatic rings. The summed E-state index contributed by atoms with van der Waals surface area (Å²) in [4.78, 5) is 4.51. The van der Waals surface area contributed by atoms with Gasteiger partial charge < -0.3 is 4.74 Å². The molecule has 0 N–H and O–H groups in total. The Kier molecular flexibility index (Phi) is 5.75. The van der Waals surface area contributed by atoms with Gasteiger partial charge in [-0.15, -0.1) is 0 Å². The van der Waals surface area contributed by atoms with Crippen LogP contribution in [-0.4, -0.2) is 6.21 Å². The second-order valence-corrected chi connectivity index (χ2v) is 6.50. The van der Waals surface area contributed by atoms with Gasteiger partial charge in [0.05, 0.1) is 10.7 Å². The standard InChI is InChI=1S/C21H17Cl2NO/c1-15-5-2-3-8-20(15)24-13-16-9-10-21(19(23)12-16)25-14-17-6-4-7-18(22)11-17/h2-13H,14H2,1H3. The van der Waals surface area contributed by atoms with E-state index in [-0.39, 0.29) is 0 Å². The van der Waals surface area contributed by atoms with E-state index in [1.54, 1.807) is 6.21 Å². The van der Waals surface area contributed by atoms with E-state index >= 15 is 0 Å². The number of aryl methyl sites for hydroxylation is 1. The van der Waals surface area contributed by atoms with Crippen LogP contribution < -0.4 is 4.74 Å². The zero-order chi connectivity index (χ0) is 17.6. The van der Waals surface area contributed by atoms with Crippen LogP contribution in [0, 0.1) is 6.92 Å². The van der Waals surface area contributed by atoms with Gasteiger partial charge >= 0.3 is 0 Å². The second kappa shape index (κ2) is 8.19. The number of ether oxygens (including phenoxy) is 1. The first-order chi connectivity index (χ1) is 12.1. The molecular weight excluding hydrogens is 353 g/mol. The molecule has 0 fully saturated rings. The van der Waals surface area contributed by atoms with Crippen LogP contribution >= 0.6 is 23.2 Å². The third-order valence-corrected chi connectivity index (χ3v) is 4.24. The van der Waals surface area contributed by atoms with Gasteiger partial charge in [0.15, 0.2) is 0 Å². The lowest BCUT2D eigenvalue weighted by molar-refractivity contribution is 0.306. The van der Waals surface area contributed by atoms with Crippen LogP contribution in [0.15, 0.2) is 71.7 Å². The molecule has 4 heteroatoms. The van der Waals surface area contributed by atoms with Crippen molar-refractivity contribution >= 4 is 35.1 Å². The van der Waals surface area contributed by atoms with E-state index in [9.17, 15) is 0 Å². The van der Waals surface area contributed by atoms with Gasteiger partial charge in [-0.2, -0.15) is 0 Å². The molecule has 0 aromatic heterocycles. The van der Waals surface area contributed by atoms with Gasteiger partial charge in [-0.25, -0.2) is 0 Å². The fourth-order valence-electron chi connectivity index (χ4n) is 2.35. The van der Waals surface area contributed by atoms with E-state index in [0.29, 0.717) is 22.4 Å². The van der Waals surface area contributed by atoms with Crippen molar-refractivity contribution < 1.29 is 4.74 Å². The lowest BCUT2D eigenvalue weighted by Gasteiger charge is -2.09. The highest BCUT2D eigenvalue weighted by molar-refractivity contribution is 6.32. The number of nitrogens with zero attached hydrogens (tertiary/aromatic N) is 1. The zero-order valence-corrected chi connectivity index (χ0v) is 15.3. The average Bonchev–Trinajstić information content (AvgIpc) is 2.60. The molecule has 0 spiro atoms. The number of aliphatic imine (C=N–C) groups is 1. The summed E-state index contributed by atoms with van der Waals surface area (Å²) in [5.74, 6) is 0.634. The largest absolute Gasteiger partial charge is 0.487 e. The van der Waals surface area contributed by atoms with Crippen molar-refractivity contribution in [3.63, 3.8) is 0 Å². The highest BCUT2D eigenvalue weighted by atomic mass is 35.5. The molecule has 0 heterocycles. The molecule has 3 aromatic rings. The van der Waals surface area contributed by atoms with Crippen LogP contribution in [0.4, 0.5) is 5.69 Å². The monoisotopic (exact) mass is 369 g/mol. The first kappa shape index (κ1) is 17.5. The molecule has 3 rings (SSSR count). The molecule has 2 nitrogen and oxygen atoms in total. The van der Waals surface area contributed by atoms with E-state index in [1.807, 2.05) is 73.7 Å². The van der Waals surface area contributed by atoms with Gasteiger partial charge in [0, 0.05) is 11.2 Å². The lowest BCUT2D eigenvalue weighted by Crippen LogP contribution is -1.96. The van der Waals surface area contributed by atoms with Crippen LogP contribution in [0.5, 0.6) is 5.75 Å². The average molecular weight is 370 g/mol. The fraction of sp³-hybridized carbons (Fsp3) is 0.0952. The number of para-hydroxylation sites is 1. The SMILES string of the molecule is Cc1ccccc1N=Cc1ccc(OCc2cccc(Cl)c2)c(Cl)c1. The lowest BCUT2D eigenvalue weighted by atomic mass is 10.2. The Balaban J connectivity index is 1.69. The predicted octanol–water partition coefficient (Wildman–Crippen LogP) is 6.63. The Bertz CT molecular complexity index is 906. The maximum atomic E-state index is 6.33. The van der Waals surface area contributed by atoms with E-state index in [1.165, 1.54) is 0 Å². The van der Waals surface area contributed by atoms with Crippen molar-refractivity contribution in [3.8, 4) is 5.75 Å². The van der Waals surface area contributed by atoms with Crippen molar-refractivity contribution in [2.75, 3.05) is 0 Å². The molecule has 0 radical (unpaired) electrons. The summed E-state index contributed by atoms with van der Waals surface area (Å²) in [6.07, 6.45) is 1.80. The number of halogens is 2. The number of benzene rings is 3. The number of hydrogen-bond acceptors (Lipinski definition) is 2. The highest BCUT2D eigenvalue weighted by Crippen LogP contribution is 2.26. The molecule has 25 heavy (non-hydrogen) atoms. The maximum Gasteiger partial charge on any atom is 0.138 e. The van der Waals surface area contributed by atoms with Crippen LogP contribution in [0.1, 0.15) is 16.7 Å². The minimum atomic E-state index is 0.414. The van der Waals surface area contributed by atoms with Crippen LogP contribution in [0.25, 0.3) is 0 Å². The fourth-order valence-corrected chi connectivity index (χ4v) is 2.81. The summed E-state index contributed by atoms with van der Waals surface area (Å²) in [6, 6.07) is 21.2. The first-order valence-electron chi connectivity index (χ1n) is 7.88. The predicted molar refractivity (Wildman–Crippen MR) is 106 cm³/mol. The van der Waals surface area contributed by atoms with E-state index in [4.69, 9.17) is 27.9 Å². The summed E-state index contributed by atoms with van der Waals surface area (Å²) in [5.41, 5.74) is 3.99. The Hall–Kier alpha value is -2.29. The molecule has 0 aliphatic heterocycles. The topological polar surface area (TPSA) is 21.6 Å². The normalized spacial score (nSPS) is 11.0. The molecule has 0 bridgehead atoms. The third kappa shape index (κ3) is 4.85. The summed E-state index contributed by atoms with van der Waals surface area (Å²) in [7, 11) is 0. The summed E-state index contributed by atoms with van der Waals surface area (Å²) < 4.78 is 5.78. The molecule has 0 amide bonds. The van der Waals surface area contributed by atoms with Crippen molar-refractivity contribution in [3.05, 3.63) is 93.5 Å². The zero-order valence-electron chi connectivity index (χ0n) is 13.7. The smallest absolute Gasteiger partial charge is 0.138 e. The molecule has 0 saturated heterocycles. The van der Waals surface area contributed by atoms with Gasteiger partial charge in [-0.3, -0.25) is 4.99 Å². The molecule has 3 aromatic carbocycles. The van der Waals surface area contributed by atoms with Gasteiger partial charge in [-0.1, -0.05) is 53.5 Å². The van der Waals surface area contributed by atoms with Crippen molar-refractivity contribution in [2.24, 2.45) is 4.99 Å². The Labute approximate surface area is 157 Å². The Morgan fingerprint density at radius 1 is 0.960 bits per heavy atom. The highest BCUT2D eigenvalue weighted by Gasteiger charge is 2.04. The van der Waals surface area contributed by atoms with E-state index in [2.05, 4.69) is 4.99 Å². The number of rotatable bonds is 5. The van der Waals surface area contributed by atoms with Crippen LogP contribution in [-0.2, 0) is 6.61 Å². The van der Waals surface area contributed by atoms with E-state index < -0.39 is 0 Å². The minimum Gasteiger partial charge on any atom is -0.487 e. The van der Waals surface area contributed by atoms with Crippen LogP contribution in [0.2, 0.25) is 10.0 Å². The van der Waals surface area contributed by atoms with Gasteiger partial charge in [-0.05, 0) is 60.0 Å². The second-order valence-electron chi connectivity index (χ2n) is 5.65. The molecular formula is C21H17Cl2NO. The first-order valence-corrected chi connectivity index (χ1v) is 8.64. The summed E-state index contributed by atoms with van der Waals surface area (Å²) in [5, 5.41) is 1.24. The molecule has 0 unspecified atom stereocenters. The van der Waals surface area contributed by atoms with Crippen LogP contribution in [0.3, 0.4) is 0 Å². The van der Waals surface area contributed by atoms with Crippen molar-refractivity contribution in [1.29, 1.82) is 0 Å². The molecule has 126 valence electrons. The number of hydrogen-bond donors (Lipinski definition) is 0. The summed E-state index contributed by atoms with van der Waals surface area (Å²) in [6.45, 7) is 2.45. The molecule has 0 saturated carbocycles. The minimum absolute atomic E-state index is 0.414. The van der Waals surface area contributed by atoms with Gasteiger partial charge in [0.1, 0.15) is 12.4 Å². The van der Waals surface area contributed by atoms with E-state index in [0.717, 1.165) is 22.4 Å². The van der Waals surface area contributed by atoms with Crippen molar-refractivity contribution in [1.82, 2.24) is 0 Å². The third-order valence-electron chi connectivity index (χ3n) is 3.71. The quantitative estimate of drug-likeness (QED) is 0.462. The van der Waals surface area contributed by atoms with Crippen molar-refractivity contribution in [2.45, 2.75) is 13.5 Å². The maximum absolute atomic E-state index is 6.33. The molecule has 0 aliphatic carbocycles. The Morgan fingerprint density at radius 2 is 1.80 bits per heavy atom. The Morgan fingerprint density at radius 3 is 2.56 bits per heavy atom. The summed E-state index contributed by atoms with van der Waals surface area (Å²) >= 11 is 12.3. The van der Waals surface area contributed by atoms with Gasteiger partial charge in [0.25, 0.3) is 0 Å². The van der Waals surface area contributed by atoms with Gasteiger partial charge in [0.2, 0.25) is 0 Å². The molecule has 0 atom stereocenters.